The van der Waals surface area contributed by atoms with Crippen molar-refractivity contribution in [3.05, 3.63) is 28.8 Å². The standard InChI is InChI=1S/C12H18ClNO.ClH/c1-9(2)7-14-8-10-4-5-12(15-3)11(13)6-10;/h4-6,9,14H,7-8H2,1-3H3;1H. The molecule has 0 radical (unpaired) electrons. The van der Waals surface area contributed by atoms with Crippen molar-refractivity contribution >= 4 is 24.0 Å². The van der Waals surface area contributed by atoms with Crippen LogP contribution in [0.5, 0.6) is 5.75 Å². The maximum atomic E-state index is 6.02. The van der Waals surface area contributed by atoms with Crippen LogP contribution in [0.1, 0.15) is 19.4 Å². The van der Waals surface area contributed by atoms with Gasteiger partial charge in [-0.3, -0.25) is 0 Å². The Kier molecular flexibility index (Phi) is 7.56. The lowest BCUT2D eigenvalue weighted by Gasteiger charge is -2.09. The third kappa shape index (κ3) is 5.06. The molecule has 0 saturated heterocycles. The predicted molar refractivity (Wildman–Crippen MR) is 71.8 cm³/mol. The average Bonchev–Trinajstić information content (AvgIpc) is 2.17. The van der Waals surface area contributed by atoms with Crippen molar-refractivity contribution in [1.82, 2.24) is 5.32 Å². The summed E-state index contributed by atoms with van der Waals surface area (Å²) < 4.78 is 5.09. The van der Waals surface area contributed by atoms with Gasteiger partial charge in [-0.2, -0.15) is 0 Å². The van der Waals surface area contributed by atoms with E-state index in [0.29, 0.717) is 10.9 Å². The summed E-state index contributed by atoms with van der Waals surface area (Å²) in [6.07, 6.45) is 0. The first-order chi connectivity index (χ1) is 7.13. The molecule has 0 bridgehead atoms. The van der Waals surface area contributed by atoms with Gasteiger partial charge in [0.15, 0.2) is 0 Å². The fourth-order valence-electron chi connectivity index (χ4n) is 1.33. The van der Waals surface area contributed by atoms with Gasteiger partial charge in [0.05, 0.1) is 12.1 Å². The van der Waals surface area contributed by atoms with Crippen molar-refractivity contribution in [3.8, 4) is 5.75 Å². The topological polar surface area (TPSA) is 21.3 Å². The molecule has 4 heteroatoms. The molecule has 1 N–H and O–H groups in total. The zero-order valence-electron chi connectivity index (χ0n) is 9.92. The number of nitrogens with one attached hydrogen (secondary N) is 1. The van der Waals surface area contributed by atoms with Crippen molar-refractivity contribution in [3.63, 3.8) is 0 Å². The number of benzene rings is 1. The Balaban J connectivity index is 0.00000225. The minimum absolute atomic E-state index is 0. The zero-order chi connectivity index (χ0) is 11.3. The maximum absolute atomic E-state index is 6.02. The quantitative estimate of drug-likeness (QED) is 0.878. The first kappa shape index (κ1) is 15.6. The van der Waals surface area contributed by atoms with Gasteiger partial charge in [0.1, 0.15) is 5.75 Å². The Morgan fingerprint density at radius 1 is 1.38 bits per heavy atom. The second kappa shape index (κ2) is 7.77. The van der Waals surface area contributed by atoms with Crippen molar-refractivity contribution in [2.75, 3.05) is 13.7 Å². The van der Waals surface area contributed by atoms with Crippen LogP contribution in [0.15, 0.2) is 18.2 Å². The van der Waals surface area contributed by atoms with Gasteiger partial charge in [0.2, 0.25) is 0 Å². The molecule has 92 valence electrons. The minimum atomic E-state index is 0. The van der Waals surface area contributed by atoms with Crippen molar-refractivity contribution in [2.45, 2.75) is 20.4 Å². The van der Waals surface area contributed by atoms with Crippen LogP contribution >= 0.6 is 24.0 Å². The number of hydrogen-bond donors (Lipinski definition) is 1. The first-order valence-electron chi connectivity index (χ1n) is 5.16. The lowest BCUT2D eigenvalue weighted by atomic mass is 10.2. The summed E-state index contributed by atoms with van der Waals surface area (Å²) in [5.74, 6) is 1.39. The molecule has 1 aromatic carbocycles. The van der Waals surface area contributed by atoms with Crippen LogP contribution < -0.4 is 10.1 Å². The van der Waals surface area contributed by atoms with Gasteiger partial charge < -0.3 is 10.1 Å². The molecule has 0 spiro atoms. The Morgan fingerprint density at radius 2 is 2.06 bits per heavy atom. The van der Waals surface area contributed by atoms with Crippen LogP contribution in [-0.2, 0) is 6.54 Å². The van der Waals surface area contributed by atoms with E-state index in [1.807, 2.05) is 18.2 Å². The number of ether oxygens (including phenoxy) is 1. The van der Waals surface area contributed by atoms with E-state index < -0.39 is 0 Å². The molecule has 0 heterocycles. The molecule has 1 rings (SSSR count). The van der Waals surface area contributed by atoms with Gasteiger partial charge in [-0.1, -0.05) is 31.5 Å². The summed E-state index contributed by atoms with van der Waals surface area (Å²) in [7, 11) is 1.62. The smallest absolute Gasteiger partial charge is 0.137 e. The highest BCUT2D eigenvalue weighted by Crippen LogP contribution is 2.24. The lowest BCUT2D eigenvalue weighted by molar-refractivity contribution is 0.415. The van der Waals surface area contributed by atoms with Crippen molar-refractivity contribution in [2.24, 2.45) is 5.92 Å². The molecule has 1 aromatic rings. The molecule has 0 aliphatic heterocycles. The number of methoxy groups -OCH3 is 1. The van der Waals surface area contributed by atoms with Gasteiger partial charge in [-0.25, -0.2) is 0 Å². The molecule has 16 heavy (non-hydrogen) atoms. The van der Waals surface area contributed by atoms with E-state index in [9.17, 15) is 0 Å². The van der Waals surface area contributed by atoms with Gasteiger partial charge in [-0.05, 0) is 30.2 Å². The van der Waals surface area contributed by atoms with E-state index in [4.69, 9.17) is 16.3 Å². The van der Waals surface area contributed by atoms with Crippen LogP contribution in [0.2, 0.25) is 5.02 Å². The third-order valence-corrected chi connectivity index (χ3v) is 2.39. The molecule has 0 aliphatic rings. The molecule has 0 amide bonds. The van der Waals surface area contributed by atoms with E-state index >= 15 is 0 Å². The van der Waals surface area contributed by atoms with Crippen molar-refractivity contribution < 1.29 is 4.74 Å². The normalized spacial score (nSPS) is 10.1. The van der Waals surface area contributed by atoms with Crippen LogP contribution in [0.25, 0.3) is 0 Å². The SMILES string of the molecule is COc1ccc(CNCC(C)C)cc1Cl.Cl. The summed E-state index contributed by atoms with van der Waals surface area (Å²) >= 11 is 6.02. The number of halogens is 2. The predicted octanol–water partition coefficient (Wildman–Crippen LogP) is 3.52. The fourth-order valence-corrected chi connectivity index (χ4v) is 1.61. The zero-order valence-corrected chi connectivity index (χ0v) is 11.5. The Labute approximate surface area is 109 Å². The van der Waals surface area contributed by atoms with E-state index in [1.165, 1.54) is 5.56 Å². The minimum Gasteiger partial charge on any atom is -0.495 e. The summed E-state index contributed by atoms with van der Waals surface area (Å²) in [4.78, 5) is 0. The monoisotopic (exact) mass is 263 g/mol. The third-order valence-electron chi connectivity index (χ3n) is 2.10. The summed E-state index contributed by atoms with van der Waals surface area (Å²) in [6.45, 7) is 6.24. The molecular formula is C12H19Cl2NO. The molecule has 0 aromatic heterocycles. The highest BCUT2D eigenvalue weighted by molar-refractivity contribution is 6.32. The Bertz CT molecular complexity index is 316. The van der Waals surface area contributed by atoms with Crippen LogP contribution in [-0.4, -0.2) is 13.7 Å². The second-order valence-corrected chi connectivity index (χ2v) is 4.40. The summed E-state index contributed by atoms with van der Waals surface area (Å²) in [6, 6.07) is 5.86. The Morgan fingerprint density at radius 3 is 2.56 bits per heavy atom. The molecule has 0 unspecified atom stereocenters. The molecule has 2 nitrogen and oxygen atoms in total. The molecule has 0 fully saturated rings. The second-order valence-electron chi connectivity index (χ2n) is 3.99. The summed E-state index contributed by atoms with van der Waals surface area (Å²) in [5.41, 5.74) is 1.18. The first-order valence-corrected chi connectivity index (χ1v) is 5.54. The van der Waals surface area contributed by atoms with Gasteiger partial charge in [-0.15, -0.1) is 12.4 Å². The van der Waals surface area contributed by atoms with Gasteiger partial charge >= 0.3 is 0 Å². The lowest BCUT2D eigenvalue weighted by Crippen LogP contribution is -2.18. The maximum Gasteiger partial charge on any atom is 0.137 e. The van der Waals surface area contributed by atoms with Crippen molar-refractivity contribution in [1.29, 1.82) is 0 Å². The highest BCUT2D eigenvalue weighted by Gasteiger charge is 2.01. The molecule has 0 aliphatic carbocycles. The van der Waals surface area contributed by atoms with E-state index in [0.717, 1.165) is 18.8 Å². The largest absolute Gasteiger partial charge is 0.495 e. The highest BCUT2D eigenvalue weighted by atomic mass is 35.5. The van der Waals surface area contributed by atoms with E-state index in [-0.39, 0.29) is 12.4 Å². The molecule has 0 atom stereocenters. The van der Waals surface area contributed by atoms with Crippen LogP contribution in [0, 0.1) is 5.92 Å². The fraction of sp³-hybridized carbons (Fsp3) is 0.500. The average molecular weight is 264 g/mol. The van der Waals surface area contributed by atoms with Gasteiger partial charge in [0, 0.05) is 6.54 Å². The molecule has 0 saturated carbocycles. The Hall–Kier alpha value is -0.440. The number of rotatable bonds is 5. The van der Waals surface area contributed by atoms with Crippen LogP contribution in [0.3, 0.4) is 0 Å². The van der Waals surface area contributed by atoms with E-state index in [1.54, 1.807) is 7.11 Å². The summed E-state index contributed by atoms with van der Waals surface area (Å²) in [5, 5.41) is 4.03. The van der Waals surface area contributed by atoms with Crippen LogP contribution in [0.4, 0.5) is 0 Å². The van der Waals surface area contributed by atoms with Gasteiger partial charge in [0.25, 0.3) is 0 Å². The van der Waals surface area contributed by atoms with E-state index in [2.05, 4.69) is 19.2 Å². The molecular weight excluding hydrogens is 245 g/mol. The number of hydrogen-bond acceptors (Lipinski definition) is 2.